The van der Waals surface area contributed by atoms with Gasteiger partial charge in [-0.1, -0.05) is 42.8 Å². The Labute approximate surface area is 227 Å². The number of ether oxygens (including phenoxy) is 1. The number of carboxylic acids is 2. The second kappa shape index (κ2) is 15.0. The van der Waals surface area contributed by atoms with Gasteiger partial charge in [-0.25, -0.2) is 9.48 Å². The number of tetrazole rings is 1. The molecule has 0 aliphatic heterocycles. The number of thioether (sulfide) groups is 2. The van der Waals surface area contributed by atoms with Crippen molar-refractivity contribution in [3.05, 3.63) is 47.3 Å². The number of benzene rings is 1. The van der Waals surface area contributed by atoms with Crippen LogP contribution in [-0.4, -0.2) is 65.6 Å². The van der Waals surface area contributed by atoms with E-state index in [9.17, 15) is 19.8 Å². The largest absolute Gasteiger partial charge is 0.484 e. The first-order chi connectivity index (χ1) is 17.9. The standard InChI is InChI=1S/C24H30N4O6S3/c29-20(30)11-7-13-28-23(25-26-27-28)37-17-24(33,22(31)32)18-9-3-4-10-19(18)35-15-6-2-1-5-14-34-21-12-8-16-36-21/h3-4,8-10,12,16,33H,1-2,5-7,11,13-15,17H2,(H,29,30)(H,31,32). The third kappa shape index (κ3) is 9.02. The van der Waals surface area contributed by atoms with Crippen molar-refractivity contribution in [2.24, 2.45) is 0 Å². The van der Waals surface area contributed by atoms with E-state index in [1.54, 1.807) is 23.5 Å². The highest BCUT2D eigenvalue weighted by Crippen LogP contribution is 2.36. The highest BCUT2D eigenvalue weighted by Gasteiger charge is 2.40. The Balaban J connectivity index is 1.51. The van der Waals surface area contributed by atoms with Gasteiger partial charge in [-0.15, -0.1) is 28.2 Å². The molecule has 3 aromatic rings. The second-order valence-electron chi connectivity index (χ2n) is 8.18. The number of hydrogen-bond acceptors (Lipinski definition) is 10. The maximum atomic E-state index is 12.2. The SMILES string of the molecule is O=C(O)CCCn1nnnc1SCC(O)(C(=O)O)c1ccccc1SCCCCCCOc1cccs1. The molecule has 0 spiro atoms. The van der Waals surface area contributed by atoms with Gasteiger partial charge < -0.3 is 20.1 Å². The number of aliphatic carboxylic acids is 2. The fourth-order valence-electron chi connectivity index (χ4n) is 3.44. The number of nitrogens with zero attached hydrogens (tertiary/aromatic N) is 4. The van der Waals surface area contributed by atoms with Gasteiger partial charge in [-0.05, 0) is 59.0 Å². The molecule has 0 bridgehead atoms. The maximum absolute atomic E-state index is 12.2. The van der Waals surface area contributed by atoms with Gasteiger partial charge in [0.15, 0.2) is 10.7 Å². The van der Waals surface area contributed by atoms with Crippen LogP contribution in [0.25, 0.3) is 0 Å². The van der Waals surface area contributed by atoms with Gasteiger partial charge in [0, 0.05) is 29.2 Å². The lowest BCUT2D eigenvalue weighted by Crippen LogP contribution is -2.38. The molecule has 0 saturated heterocycles. The Kier molecular flexibility index (Phi) is 11.7. The van der Waals surface area contributed by atoms with Crippen molar-refractivity contribution in [3.8, 4) is 5.06 Å². The lowest BCUT2D eigenvalue weighted by Gasteiger charge is -2.25. The minimum Gasteiger partial charge on any atom is -0.484 e. The molecule has 10 nitrogen and oxygen atoms in total. The van der Waals surface area contributed by atoms with Crippen LogP contribution < -0.4 is 4.74 Å². The van der Waals surface area contributed by atoms with Crippen molar-refractivity contribution in [2.45, 2.75) is 60.7 Å². The summed E-state index contributed by atoms with van der Waals surface area (Å²) in [7, 11) is 0. The van der Waals surface area contributed by atoms with Gasteiger partial charge in [-0.2, -0.15) is 0 Å². The number of carboxylic acid groups (broad SMARTS) is 2. The zero-order valence-corrected chi connectivity index (χ0v) is 22.6. The highest BCUT2D eigenvalue weighted by molar-refractivity contribution is 7.99. The van der Waals surface area contributed by atoms with E-state index in [4.69, 9.17) is 9.84 Å². The van der Waals surface area contributed by atoms with Crippen LogP contribution in [0.4, 0.5) is 0 Å². The van der Waals surface area contributed by atoms with E-state index in [1.807, 2.05) is 29.6 Å². The van der Waals surface area contributed by atoms with Crippen molar-refractivity contribution >= 4 is 46.8 Å². The normalized spacial score (nSPS) is 12.8. The van der Waals surface area contributed by atoms with E-state index in [1.165, 1.54) is 16.4 Å². The quantitative estimate of drug-likeness (QED) is 0.149. The topological polar surface area (TPSA) is 148 Å². The van der Waals surface area contributed by atoms with Gasteiger partial charge in [0.05, 0.1) is 6.61 Å². The molecule has 2 aromatic heterocycles. The average molecular weight is 567 g/mol. The summed E-state index contributed by atoms with van der Waals surface area (Å²) in [5.74, 6) is -1.68. The molecule has 0 saturated carbocycles. The van der Waals surface area contributed by atoms with Crippen molar-refractivity contribution in [3.63, 3.8) is 0 Å². The van der Waals surface area contributed by atoms with Crippen LogP contribution >= 0.6 is 34.9 Å². The first kappa shape index (κ1) is 29.0. The molecule has 0 amide bonds. The number of unbranched alkanes of at least 4 members (excludes halogenated alkanes) is 3. The predicted octanol–water partition coefficient (Wildman–Crippen LogP) is 4.40. The average Bonchev–Trinajstić information content (AvgIpc) is 3.56. The summed E-state index contributed by atoms with van der Waals surface area (Å²) < 4.78 is 7.09. The molecule has 37 heavy (non-hydrogen) atoms. The molecule has 3 N–H and O–H groups in total. The first-order valence-electron chi connectivity index (χ1n) is 11.9. The summed E-state index contributed by atoms with van der Waals surface area (Å²) in [5.41, 5.74) is -1.82. The van der Waals surface area contributed by atoms with Crippen LogP contribution in [0.3, 0.4) is 0 Å². The molecule has 2 heterocycles. The number of carbonyl (C=O) groups is 2. The van der Waals surface area contributed by atoms with Gasteiger partial charge >= 0.3 is 11.9 Å². The molecular formula is C24H30N4O6S3. The van der Waals surface area contributed by atoms with Crippen LogP contribution in [-0.2, 0) is 21.7 Å². The van der Waals surface area contributed by atoms with E-state index >= 15 is 0 Å². The van der Waals surface area contributed by atoms with Crippen LogP contribution in [0.15, 0.2) is 51.8 Å². The molecule has 200 valence electrons. The first-order valence-corrected chi connectivity index (χ1v) is 14.7. The Hall–Kier alpha value is -2.61. The number of aliphatic hydroxyl groups is 1. The molecular weight excluding hydrogens is 536 g/mol. The molecule has 0 radical (unpaired) electrons. The fraction of sp³-hybridized carbons (Fsp3) is 0.458. The van der Waals surface area contributed by atoms with Crippen molar-refractivity contribution in [2.75, 3.05) is 18.1 Å². The third-order valence-electron chi connectivity index (χ3n) is 5.39. The fourth-order valence-corrected chi connectivity index (χ4v) is 6.16. The molecule has 0 aliphatic rings. The van der Waals surface area contributed by atoms with Crippen molar-refractivity contribution < 1.29 is 29.6 Å². The van der Waals surface area contributed by atoms with Crippen LogP contribution in [0.5, 0.6) is 5.06 Å². The van der Waals surface area contributed by atoms with Crippen LogP contribution in [0, 0.1) is 0 Å². The number of aryl methyl sites for hydroxylation is 1. The molecule has 0 aliphatic carbocycles. The van der Waals surface area contributed by atoms with E-state index in [-0.39, 0.29) is 18.7 Å². The molecule has 1 unspecified atom stereocenters. The lowest BCUT2D eigenvalue weighted by molar-refractivity contribution is -0.157. The van der Waals surface area contributed by atoms with Crippen molar-refractivity contribution in [1.29, 1.82) is 0 Å². The molecule has 1 aromatic carbocycles. The molecule has 13 heteroatoms. The number of hydrogen-bond donors (Lipinski definition) is 3. The third-order valence-corrected chi connectivity index (χ3v) is 8.44. The summed E-state index contributed by atoms with van der Waals surface area (Å²) >= 11 is 4.13. The highest BCUT2D eigenvalue weighted by atomic mass is 32.2. The van der Waals surface area contributed by atoms with Gasteiger partial charge in [0.25, 0.3) is 0 Å². The minimum atomic E-state index is -2.15. The van der Waals surface area contributed by atoms with E-state index in [0.29, 0.717) is 23.7 Å². The van der Waals surface area contributed by atoms with Crippen LogP contribution in [0.1, 0.15) is 44.1 Å². The second-order valence-corrected chi connectivity index (χ2v) is 11.2. The number of aromatic nitrogens is 4. The minimum absolute atomic E-state index is 0.0312. The summed E-state index contributed by atoms with van der Waals surface area (Å²) in [4.78, 5) is 23.7. The zero-order chi connectivity index (χ0) is 26.5. The van der Waals surface area contributed by atoms with Gasteiger partial charge in [0.2, 0.25) is 5.16 Å². The number of rotatable bonds is 18. The van der Waals surface area contributed by atoms with Crippen LogP contribution in [0.2, 0.25) is 0 Å². The molecule has 3 rings (SSSR count). The smallest absolute Gasteiger partial charge is 0.341 e. The predicted molar refractivity (Wildman–Crippen MR) is 142 cm³/mol. The van der Waals surface area contributed by atoms with Gasteiger partial charge in [0.1, 0.15) is 0 Å². The van der Waals surface area contributed by atoms with E-state index < -0.39 is 17.5 Å². The van der Waals surface area contributed by atoms with E-state index in [2.05, 4.69) is 15.5 Å². The Morgan fingerprint density at radius 1 is 1.03 bits per heavy atom. The van der Waals surface area contributed by atoms with Crippen molar-refractivity contribution in [1.82, 2.24) is 20.2 Å². The Bertz CT molecular complexity index is 1130. The lowest BCUT2D eigenvalue weighted by atomic mass is 9.96. The number of thiophene rings is 1. The monoisotopic (exact) mass is 566 g/mol. The zero-order valence-electron chi connectivity index (χ0n) is 20.2. The summed E-state index contributed by atoms with van der Waals surface area (Å²) in [6.07, 6.45) is 4.32. The summed E-state index contributed by atoms with van der Waals surface area (Å²) in [6, 6.07) is 10.9. The summed E-state index contributed by atoms with van der Waals surface area (Å²) in [6.45, 7) is 0.975. The van der Waals surface area contributed by atoms with E-state index in [0.717, 1.165) is 53.2 Å². The maximum Gasteiger partial charge on any atom is 0.341 e. The molecule has 0 fully saturated rings. The Morgan fingerprint density at radius 2 is 1.84 bits per heavy atom. The summed E-state index contributed by atoms with van der Waals surface area (Å²) in [5, 5.41) is 44.6. The Morgan fingerprint density at radius 3 is 2.59 bits per heavy atom. The molecule has 1 atom stereocenters. The van der Waals surface area contributed by atoms with Gasteiger partial charge in [-0.3, -0.25) is 4.79 Å².